The average molecular weight is 656 g/mol. The van der Waals surface area contributed by atoms with Crippen molar-refractivity contribution in [3.05, 3.63) is 200 Å². The molecule has 0 aliphatic carbocycles. The summed E-state index contributed by atoms with van der Waals surface area (Å²) in [6.07, 6.45) is 0. The summed E-state index contributed by atoms with van der Waals surface area (Å²) in [5.74, 6) is 0. The minimum atomic E-state index is 1.10. The van der Waals surface area contributed by atoms with Crippen molar-refractivity contribution in [3.63, 3.8) is 0 Å². The predicted octanol–water partition coefficient (Wildman–Crippen LogP) is 14.2. The Kier molecular flexibility index (Phi) is 7.77. The summed E-state index contributed by atoms with van der Waals surface area (Å²) in [7, 11) is 0. The molecule has 0 aliphatic heterocycles. The highest BCUT2D eigenvalue weighted by Crippen LogP contribution is 2.44. The summed E-state index contributed by atoms with van der Waals surface area (Å²) >= 11 is 1.88. The van der Waals surface area contributed by atoms with Crippen molar-refractivity contribution in [2.75, 3.05) is 4.90 Å². The molecule has 0 radical (unpaired) electrons. The molecule has 2 heteroatoms. The Morgan fingerprint density at radius 3 is 1.50 bits per heavy atom. The zero-order chi connectivity index (χ0) is 33.3. The molecule has 0 atom stereocenters. The minimum Gasteiger partial charge on any atom is -0.310 e. The van der Waals surface area contributed by atoms with E-state index in [0.29, 0.717) is 0 Å². The normalized spacial score (nSPS) is 11.2. The Balaban J connectivity index is 1.17. The van der Waals surface area contributed by atoms with E-state index >= 15 is 0 Å². The summed E-state index contributed by atoms with van der Waals surface area (Å²) in [5.41, 5.74) is 13.0. The van der Waals surface area contributed by atoms with Crippen molar-refractivity contribution in [2.45, 2.75) is 0 Å². The molecule has 8 aromatic carbocycles. The lowest BCUT2D eigenvalue weighted by Crippen LogP contribution is -2.10. The predicted molar refractivity (Wildman–Crippen MR) is 216 cm³/mol. The first-order chi connectivity index (χ1) is 24.8. The van der Waals surface area contributed by atoms with Gasteiger partial charge in [0, 0.05) is 42.8 Å². The van der Waals surface area contributed by atoms with Gasteiger partial charge in [-0.25, -0.2) is 0 Å². The SMILES string of the molecule is c1ccc(-c2cc(-c3ccccc3)cc(N(c3ccccc3)c3ccc(-c4ccccc4-c4cccc5c4sc4ccccc45)cc3)c2)cc1. The molecule has 0 aliphatic rings. The fourth-order valence-corrected chi connectivity index (χ4v) is 8.31. The van der Waals surface area contributed by atoms with E-state index in [1.165, 1.54) is 64.7 Å². The van der Waals surface area contributed by atoms with Crippen molar-refractivity contribution in [1.82, 2.24) is 0 Å². The van der Waals surface area contributed by atoms with Gasteiger partial charge in [0.1, 0.15) is 0 Å². The summed E-state index contributed by atoms with van der Waals surface area (Å²) in [4.78, 5) is 2.37. The molecule has 1 heterocycles. The summed E-state index contributed by atoms with van der Waals surface area (Å²) in [6.45, 7) is 0. The second-order valence-electron chi connectivity index (χ2n) is 12.5. The molecule has 9 rings (SSSR count). The van der Waals surface area contributed by atoms with Gasteiger partial charge in [0.05, 0.1) is 0 Å². The first kappa shape index (κ1) is 29.9. The van der Waals surface area contributed by atoms with E-state index in [9.17, 15) is 0 Å². The standard InChI is InChI=1S/C48H33NS/c1-4-15-34(16-5-1)37-31-38(35-17-6-2-7-18-35)33-41(32-37)49(39-19-8-3-9-20-39)40-29-27-36(28-30-40)42-21-10-11-22-43(42)45-24-14-25-46-44-23-12-13-26-47(44)50-48(45)46/h1-33H. The summed E-state index contributed by atoms with van der Waals surface area (Å²) in [6, 6.07) is 72.2. The molecule has 0 amide bonds. The van der Waals surface area contributed by atoms with Crippen molar-refractivity contribution >= 4 is 48.6 Å². The van der Waals surface area contributed by atoms with Gasteiger partial charge in [-0.3, -0.25) is 0 Å². The molecule has 0 spiro atoms. The molecule has 0 unspecified atom stereocenters. The van der Waals surface area contributed by atoms with E-state index in [-0.39, 0.29) is 0 Å². The molecule has 0 saturated heterocycles. The molecule has 9 aromatic rings. The molecule has 0 bridgehead atoms. The van der Waals surface area contributed by atoms with Gasteiger partial charge < -0.3 is 4.90 Å². The minimum absolute atomic E-state index is 1.10. The summed E-state index contributed by atoms with van der Waals surface area (Å²) < 4.78 is 2.66. The number of fused-ring (bicyclic) bond motifs is 3. The lowest BCUT2D eigenvalue weighted by Gasteiger charge is -2.27. The third-order valence-electron chi connectivity index (χ3n) is 9.46. The van der Waals surface area contributed by atoms with Crippen LogP contribution in [0, 0.1) is 0 Å². The van der Waals surface area contributed by atoms with Gasteiger partial charge in [-0.2, -0.15) is 0 Å². The second kappa shape index (κ2) is 13.0. The van der Waals surface area contributed by atoms with Gasteiger partial charge in [-0.1, -0.05) is 152 Å². The maximum atomic E-state index is 2.37. The smallest absolute Gasteiger partial charge is 0.0473 e. The highest BCUT2D eigenvalue weighted by Gasteiger charge is 2.17. The zero-order valence-corrected chi connectivity index (χ0v) is 28.2. The van der Waals surface area contributed by atoms with Gasteiger partial charge in [0.15, 0.2) is 0 Å². The highest BCUT2D eigenvalue weighted by molar-refractivity contribution is 7.26. The van der Waals surface area contributed by atoms with Crippen LogP contribution in [-0.4, -0.2) is 0 Å². The van der Waals surface area contributed by atoms with Crippen LogP contribution in [0.25, 0.3) is 64.7 Å². The Morgan fingerprint density at radius 2 is 0.820 bits per heavy atom. The van der Waals surface area contributed by atoms with Crippen LogP contribution in [0.15, 0.2) is 200 Å². The number of hydrogen-bond donors (Lipinski definition) is 0. The van der Waals surface area contributed by atoms with Gasteiger partial charge in [0.25, 0.3) is 0 Å². The van der Waals surface area contributed by atoms with Crippen LogP contribution in [-0.2, 0) is 0 Å². The van der Waals surface area contributed by atoms with Gasteiger partial charge in [0.2, 0.25) is 0 Å². The monoisotopic (exact) mass is 655 g/mol. The van der Waals surface area contributed by atoms with E-state index in [0.717, 1.165) is 17.1 Å². The van der Waals surface area contributed by atoms with E-state index in [1.54, 1.807) is 0 Å². The molecule has 50 heavy (non-hydrogen) atoms. The largest absolute Gasteiger partial charge is 0.310 e. The van der Waals surface area contributed by atoms with Gasteiger partial charge >= 0.3 is 0 Å². The summed E-state index contributed by atoms with van der Waals surface area (Å²) in [5, 5.41) is 2.64. The van der Waals surface area contributed by atoms with Crippen LogP contribution < -0.4 is 4.90 Å². The fraction of sp³-hybridized carbons (Fsp3) is 0. The quantitative estimate of drug-likeness (QED) is 0.165. The number of nitrogens with zero attached hydrogens (tertiary/aromatic N) is 1. The average Bonchev–Trinajstić information content (AvgIpc) is 3.58. The molecule has 1 aromatic heterocycles. The fourth-order valence-electron chi connectivity index (χ4n) is 7.08. The van der Waals surface area contributed by atoms with Crippen LogP contribution in [0.1, 0.15) is 0 Å². The van der Waals surface area contributed by atoms with Gasteiger partial charge in [-0.05, 0) is 87.5 Å². The van der Waals surface area contributed by atoms with E-state index in [4.69, 9.17) is 0 Å². The molecule has 0 fully saturated rings. The van der Waals surface area contributed by atoms with E-state index in [1.807, 2.05) is 11.3 Å². The number of para-hydroxylation sites is 1. The maximum Gasteiger partial charge on any atom is 0.0473 e. The first-order valence-electron chi connectivity index (χ1n) is 17.0. The zero-order valence-electron chi connectivity index (χ0n) is 27.4. The second-order valence-corrected chi connectivity index (χ2v) is 13.6. The Labute approximate surface area is 297 Å². The topological polar surface area (TPSA) is 3.24 Å². The Morgan fingerprint density at radius 1 is 0.300 bits per heavy atom. The number of hydrogen-bond acceptors (Lipinski definition) is 2. The maximum absolute atomic E-state index is 2.37. The Hall–Kier alpha value is -6.22. The van der Waals surface area contributed by atoms with Crippen LogP contribution in [0.3, 0.4) is 0 Å². The van der Waals surface area contributed by atoms with Gasteiger partial charge in [-0.15, -0.1) is 11.3 Å². The number of benzene rings is 8. The number of rotatable bonds is 7. The molecule has 0 N–H and O–H groups in total. The van der Waals surface area contributed by atoms with Crippen molar-refractivity contribution in [3.8, 4) is 44.5 Å². The van der Waals surface area contributed by atoms with Crippen LogP contribution in [0.2, 0.25) is 0 Å². The molecule has 236 valence electrons. The molecule has 0 saturated carbocycles. The highest BCUT2D eigenvalue weighted by atomic mass is 32.1. The van der Waals surface area contributed by atoms with E-state index in [2.05, 4.69) is 205 Å². The van der Waals surface area contributed by atoms with Crippen molar-refractivity contribution in [2.24, 2.45) is 0 Å². The third kappa shape index (κ3) is 5.56. The molecular weight excluding hydrogens is 623 g/mol. The van der Waals surface area contributed by atoms with Crippen molar-refractivity contribution in [1.29, 1.82) is 0 Å². The van der Waals surface area contributed by atoms with Crippen LogP contribution in [0.4, 0.5) is 17.1 Å². The molecular formula is C48H33NS. The lowest BCUT2D eigenvalue weighted by atomic mass is 9.93. The van der Waals surface area contributed by atoms with E-state index < -0.39 is 0 Å². The van der Waals surface area contributed by atoms with Crippen molar-refractivity contribution < 1.29 is 0 Å². The number of thiophene rings is 1. The van der Waals surface area contributed by atoms with Crippen LogP contribution >= 0.6 is 11.3 Å². The Bertz CT molecular complexity index is 2510. The first-order valence-corrected chi connectivity index (χ1v) is 17.8. The van der Waals surface area contributed by atoms with Crippen LogP contribution in [0.5, 0.6) is 0 Å². The molecule has 1 nitrogen and oxygen atoms in total. The third-order valence-corrected chi connectivity index (χ3v) is 10.7. The lowest BCUT2D eigenvalue weighted by molar-refractivity contribution is 1.28. The number of anilines is 3.